The summed E-state index contributed by atoms with van der Waals surface area (Å²) in [5.74, 6) is 0.172. The first-order valence-corrected chi connectivity index (χ1v) is 6.23. The van der Waals surface area contributed by atoms with E-state index in [9.17, 15) is 4.79 Å². The van der Waals surface area contributed by atoms with Crippen molar-refractivity contribution in [1.29, 1.82) is 0 Å². The molecule has 0 radical (unpaired) electrons. The fourth-order valence-corrected chi connectivity index (χ4v) is 1.91. The van der Waals surface area contributed by atoms with Crippen LogP contribution in [0.15, 0.2) is 36.7 Å². The Morgan fingerprint density at radius 1 is 1.40 bits per heavy atom. The minimum Gasteiger partial charge on any atom is -0.494 e. The number of hydrogen-bond acceptors (Lipinski definition) is 4. The normalized spacial score (nSPS) is 10.1. The predicted molar refractivity (Wildman–Crippen MR) is 77.6 cm³/mol. The fraction of sp³-hybridized carbons (Fsp3) is 0.200. The number of hydrogen-bond donors (Lipinski definition) is 2. The van der Waals surface area contributed by atoms with Crippen LogP contribution in [0.25, 0.3) is 0 Å². The average Bonchev–Trinajstić information content (AvgIpc) is 2.46. The van der Waals surface area contributed by atoms with E-state index in [2.05, 4.69) is 10.3 Å². The number of nitrogens with one attached hydrogen (secondary N) is 1. The molecule has 3 N–H and O–H groups in total. The molecule has 2 aromatic rings. The molecule has 1 heterocycles. The van der Waals surface area contributed by atoms with E-state index < -0.39 is 0 Å². The number of nitrogens with zero attached hydrogens (tertiary/aromatic N) is 1. The quantitative estimate of drug-likeness (QED) is 0.833. The predicted octanol–water partition coefficient (Wildman–Crippen LogP) is 1.91. The van der Waals surface area contributed by atoms with Gasteiger partial charge < -0.3 is 15.8 Å². The zero-order chi connectivity index (χ0) is 14.5. The van der Waals surface area contributed by atoms with E-state index in [1.54, 1.807) is 30.6 Å². The van der Waals surface area contributed by atoms with Crippen molar-refractivity contribution in [2.45, 2.75) is 13.5 Å². The van der Waals surface area contributed by atoms with E-state index in [1.165, 1.54) is 7.11 Å². The third kappa shape index (κ3) is 2.88. The molecule has 20 heavy (non-hydrogen) atoms. The molecule has 1 aromatic carbocycles. The highest BCUT2D eigenvalue weighted by Gasteiger charge is 2.14. The van der Waals surface area contributed by atoms with Gasteiger partial charge in [-0.2, -0.15) is 0 Å². The van der Waals surface area contributed by atoms with Gasteiger partial charge in [-0.05, 0) is 36.2 Å². The number of aromatic nitrogens is 1. The van der Waals surface area contributed by atoms with E-state index >= 15 is 0 Å². The standard InChI is InChI=1S/C15H17N3O2/c1-10-6-7-17-8-11(10)9-18-15(19)12-4-3-5-13(16)14(12)20-2/h3-8H,9,16H2,1-2H3,(H,18,19). The molecule has 2 rings (SSSR count). The Morgan fingerprint density at radius 3 is 2.90 bits per heavy atom. The number of carbonyl (C=O) groups is 1. The summed E-state index contributed by atoms with van der Waals surface area (Å²) in [4.78, 5) is 16.2. The molecule has 5 heteroatoms. The van der Waals surface area contributed by atoms with Crippen molar-refractivity contribution in [2.24, 2.45) is 0 Å². The number of aryl methyl sites for hydroxylation is 1. The van der Waals surface area contributed by atoms with Gasteiger partial charge in [0.1, 0.15) is 0 Å². The lowest BCUT2D eigenvalue weighted by Gasteiger charge is -2.11. The summed E-state index contributed by atoms with van der Waals surface area (Å²) in [6, 6.07) is 7.01. The summed E-state index contributed by atoms with van der Waals surface area (Å²) in [6.45, 7) is 2.39. The van der Waals surface area contributed by atoms with Crippen molar-refractivity contribution in [3.63, 3.8) is 0 Å². The third-order valence-corrected chi connectivity index (χ3v) is 3.08. The number of methoxy groups -OCH3 is 1. The highest BCUT2D eigenvalue weighted by Crippen LogP contribution is 2.25. The molecule has 0 unspecified atom stereocenters. The first kappa shape index (κ1) is 13.9. The van der Waals surface area contributed by atoms with Gasteiger partial charge in [-0.3, -0.25) is 9.78 Å². The third-order valence-electron chi connectivity index (χ3n) is 3.08. The number of rotatable bonds is 4. The Balaban J connectivity index is 2.14. The molecule has 0 spiro atoms. The summed E-state index contributed by atoms with van der Waals surface area (Å²) in [6.07, 6.45) is 3.47. The van der Waals surface area contributed by atoms with Gasteiger partial charge in [0.2, 0.25) is 0 Å². The SMILES string of the molecule is COc1c(N)cccc1C(=O)NCc1cnccc1C. The van der Waals surface area contributed by atoms with Crippen molar-refractivity contribution in [1.82, 2.24) is 10.3 Å². The van der Waals surface area contributed by atoms with Gasteiger partial charge in [0.05, 0.1) is 18.4 Å². The molecule has 1 aromatic heterocycles. The second kappa shape index (κ2) is 6.06. The number of carbonyl (C=O) groups excluding carboxylic acids is 1. The molecule has 1 amide bonds. The largest absolute Gasteiger partial charge is 0.494 e. The van der Waals surface area contributed by atoms with Crippen LogP contribution in [0.2, 0.25) is 0 Å². The van der Waals surface area contributed by atoms with Gasteiger partial charge >= 0.3 is 0 Å². The number of ether oxygens (including phenoxy) is 1. The van der Waals surface area contributed by atoms with E-state index in [-0.39, 0.29) is 5.91 Å². The molecule has 0 saturated carbocycles. The molecule has 0 aliphatic carbocycles. The number of amides is 1. The maximum absolute atomic E-state index is 12.2. The Bertz CT molecular complexity index is 626. The van der Waals surface area contributed by atoms with Crippen LogP contribution in [-0.4, -0.2) is 18.0 Å². The molecule has 104 valence electrons. The molecule has 5 nitrogen and oxygen atoms in total. The van der Waals surface area contributed by atoms with Crippen LogP contribution in [0, 0.1) is 6.92 Å². The summed E-state index contributed by atoms with van der Waals surface area (Å²) < 4.78 is 5.17. The number of nitrogen functional groups attached to an aromatic ring is 1. The number of benzene rings is 1. The molecule has 0 saturated heterocycles. The summed E-state index contributed by atoms with van der Waals surface area (Å²) >= 11 is 0. The minimum atomic E-state index is -0.225. The van der Waals surface area contributed by atoms with Gasteiger partial charge in [0, 0.05) is 18.9 Å². The van der Waals surface area contributed by atoms with Crippen molar-refractivity contribution >= 4 is 11.6 Å². The number of pyridine rings is 1. The zero-order valence-corrected chi connectivity index (χ0v) is 11.5. The Morgan fingerprint density at radius 2 is 2.20 bits per heavy atom. The number of anilines is 1. The van der Waals surface area contributed by atoms with Crippen LogP contribution in [0.1, 0.15) is 21.5 Å². The Kier molecular flexibility index (Phi) is 4.20. The smallest absolute Gasteiger partial charge is 0.255 e. The van der Waals surface area contributed by atoms with Crippen LogP contribution in [0.5, 0.6) is 5.75 Å². The lowest BCUT2D eigenvalue weighted by atomic mass is 10.1. The maximum atomic E-state index is 12.2. The summed E-state index contributed by atoms with van der Waals surface area (Å²) in [7, 11) is 1.49. The van der Waals surface area contributed by atoms with Crippen molar-refractivity contribution in [3.8, 4) is 5.75 Å². The van der Waals surface area contributed by atoms with E-state index in [1.807, 2.05) is 13.0 Å². The van der Waals surface area contributed by atoms with E-state index in [0.717, 1.165) is 11.1 Å². The Hall–Kier alpha value is -2.56. The summed E-state index contributed by atoms with van der Waals surface area (Å²) in [5, 5.41) is 2.84. The van der Waals surface area contributed by atoms with Gasteiger partial charge in [-0.25, -0.2) is 0 Å². The van der Waals surface area contributed by atoms with Crippen molar-refractivity contribution < 1.29 is 9.53 Å². The maximum Gasteiger partial charge on any atom is 0.255 e. The molecule has 0 bridgehead atoms. The summed E-state index contributed by atoms with van der Waals surface area (Å²) in [5.41, 5.74) is 8.71. The van der Waals surface area contributed by atoms with Gasteiger partial charge in [-0.15, -0.1) is 0 Å². The molecule has 0 aliphatic rings. The van der Waals surface area contributed by atoms with E-state index in [0.29, 0.717) is 23.5 Å². The van der Waals surface area contributed by atoms with Crippen LogP contribution >= 0.6 is 0 Å². The lowest BCUT2D eigenvalue weighted by molar-refractivity contribution is 0.0948. The highest BCUT2D eigenvalue weighted by atomic mass is 16.5. The van der Waals surface area contributed by atoms with Crippen molar-refractivity contribution in [2.75, 3.05) is 12.8 Å². The number of nitrogens with two attached hydrogens (primary N) is 1. The molecular weight excluding hydrogens is 254 g/mol. The van der Waals surface area contributed by atoms with Crippen LogP contribution in [0.3, 0.4) is 0 Å². The molecule has 0 aliphatic heterocycles. The van der Waals surface area contributed by atoms with Crippen LogP contribution in [0.4, 0.5) is 5.69 Å². The topological polar surface area (TPSA) is 77.2 Å². The zero-order valence-electron chi connectivity index (χ0n) is 11.5. The average molecular weight is 271 g/mol. The second-order valence-electron chi connectivity index (χ2n) is 4.41. The van der Waals surface area contributed by atoms with Gasteiger partial charge in [0.25, 0.3) is 5.91 Å². The first-order valence-electron chi connectivity index (χ1n) is 6.23. The lowest BCUT2D eigenvalue weighted by Crippen LogP contribution is -2.24. The Labute approximate surface area is 117 Å². The second-order valence-corrected chi connectivity index (χ2v) is 4.41. The highest BCUT2D eigenvalue weighted by molar-refractivity contribution is 5.98. The van der Waals surface area contributed by atoms with Crippen LogP contribution in [-0.2, 0) is 6.54 Å². The fourth-order valence-electron chi connectivity index (χ4n) is 1.91. The van der Waals surface area contributed by atoms with Crippen LogP contribution < -0.4 is 15.8 Å². The van der Waals surface area contributed by atoms with E-state index in [4.69, 9.17) is 10.5 Å². The minimum absolute atomic E-state index is 0.225. The molecule has 0 atom stereocenters. The van der Waals surface area contributed by atoms with Crippen molar-refractivity contribution in [3.05, 3.63) is 53.3 Å². The molecular formula is C15H17N3O2. The first-order chi connectivity index (χ1) is 9.63. The monoisotopic (exact) mass is 271 g/mol. The van der Waals surface area contributed by atoms with Gasteiger partial charge in [-0.1, -0.05) is 6.07 Å². The molecule has 0 fully saturated rings. The number of para-hydroxylation sites is 1. The van der Waals surface area contributed by atoms with Gasteiger partial charge in [0.15, 0.2) is 5.75 Å².